The monoisotopic (exact) mass is 336 g/mol. The topological polar surface area (TPSA) is 79.6 Å². The molecule has 0 aliphatic carbocycles. The second kappa shape index (κ2) is 7.32. The van der Waals surface area contributed by atoms with Gasteiger partial charge in [0.25, 0.3) is 0 Å². The first-order chi connectivity index (χ1) is 10.9. The van der Waals surface area contributed by atoms with Crippen molar-refractivity contribution in [1.82, 2.24) is 5.32 Å². The molecule has 0 aliphatic rings. The van der Waals surface area contributed by atoms with Gasteiger partial charge in [-0.3, -0.25) is 9.10 Å². The average molecular weight is 336 g/mol. The van der Waals surface area contributed by atoms with Crippen LogP contribution < -0.4 is 9.62 Å². The zero-order valence-corrected chi connectivity index (χ0v) is 13.9. The van der Waals surface area contributed by atoms with Gasteiger partial charge in [0.15, 0.2) is 0 Å². The standard InChI is InChI=1S/C16H20N2O4S/c1-3-15(16(19)17-12-14-10-7-11-22-14)18(23(2,20)21)13-8-5-4-6-9-13/h4-11,15H,3,12H2,1-2H3,(H,17,19)/t15-/m1/s1. The minimum absolute atomic E-state index is 0.217. The summed E-state index contributed by atoms with van der Waals surface area (Å²) < 4.78 is 30.7. The molecular weight excluding hydrogens is 316 g/mol. The quantitative estimate of drug-likeness (QED) is 0.840. The lowest BCUT2D eigenvalue weighted by Crippen LogP contribution is -2.49. The lowest BCUT2D eigenvalue weighted by Gasteiger charge is -2.30. The molecule has 0 unspecified atom stereocenters. The number of carbonyl (C=O) groups excluding carboxylic acids is 1. The molecule has 124 valence electrons. The van der Waals surface area contributed by atoms with Crippen LogP contribution in [0.5, 0.6) is 0 Å². The Kier molecular flexibility index (Phi) is 5.44. The first kappa shape index (κ1) is 17.1. The molecule has 6 nitrogen and oxygen atoms in total. The van der Waals surface area contributed by atoms with E-state index in [2.05, 4.69) is 5.32 Å². The van der Waals surface area contributed by atoms with Gasteiger partial charge in [-0.2, -0.15) is 0 Å². The van der Waals surface area contributed by atoms with E-state index in [9.17, 15) is 13.2 Å². The first-order valence-electron chi connectivity index (χ1n) is 7.28. The van der Waals surface area contributed by atoms with Crippen LogP contribution in [-0.2, 0) is 21.4 Å². The van der Waals surface area contributed by atoms with Crippen LogP contribution in [0.2, 0.25) is 0 Å². The highest BCUT2D eigenvalue weighted by Crippen LogP contribution is 2.22. The van der Waals surface area contributed by atoms with Crippen molar-refractivity contribution in [3.05, 3.63) is 54.5 Å². The molecular formula is C16H20N2O4S. The van der Waals surface area contributed by atoms with E-state index in [1.54, 1.807) is 49.4 Å². The van der Waals surface area contributed by atoms with E-state index in [4.69, 9.17) is 4.42 Å². The molecule has 23 heavy (non-hydrogen) atoms. The fourth-order valence-corrected chi connectivity index (χ4v) is 3.55. The summed E-state index contributed by atoms with van der Waals surface area (Å²) in [5.41, 5.74) is 0.468. The highest BCUT2D eigenvalue weighted by atomic mass is 32.2. The minimum atomic E-state index is -3.60. The predicted molar refractivity (Wildman–Crippen MR) is 88.4 cm³/mol. The van der Waals surface area contributed by atoms with E-state index in [1.165, 1.54) is 6.26 Å². The van der Waals surface area contributed by atoms with Crippen LogP contribution in [-0.4, -0.2) is 26.6 Å². The van der Waals surface area contributed by atoms with Crippen LogP contribution in [0.25, 0.3) is 0 Å². The zero-order chi connectivity index (χ0) is 16.9. The third-order valence-corrected chi connectivity index (χ3v) is 4.54. The Labute approximate surface area is 136 Å². The van der Waals surface area contributed by atoms with Crippen molar-refractivity contribution in [3.63, 3.8) is 0 Å². The summed E-state index contributed by atoms with van der Waals surface area (Å²) in [6, 6.07) is 11.3. The SMILES string of the molecule is CC[C@H](C(=O)NCc1ccco1)N(c1ccccc1)S(C)(=O)=O. The van der Waals surface area contributed by atoms with Crippen LogP contribution in [0.1, 0.15) is 19.1 Å². The predicted octanol–water partition coefficient (Wildman–Crippen LogP) is 2.14. The summed E-state index contributed by atoms with van der Waals surface area (Å²) in [4.78, 5) is 12.5. The van der Waals surface area contributed by atoms with Crippen LogP contribution in [0.3, 0.4) is 0 Å². The van der Waals surface area contributed by atoms with Gasteiger partial charge in [0.1, 0.15) is 11.8 Å². The summed E-state index contributed by atoms with van der Waals surface area (Å²) >= 11 is 0. The summed E-state index contributed by atoms with van der Waals surface area (Å²) in [6.07, 6.45) is 2.97. The van der Waals surface area contributed by atoms with Crippen LogP contribution in [0, 0.1) is 0 Å². The molecule has 1 aromatic carbocycles. The van der Waals surface area contributed by atoms with Gasteiger partial charge in [-0.05, 0) is 30.7 Å². The molecule has 0 fully saturated rings. The second-order valence-corrected chi connectivity index (χ2v) is 6.98. The normalized spacial score (nSPS) is 12.6. The number of benzene rings is 1. The number of para-hydroxylation sites is 1. The summed E-state index contributed by atoms with van der Waals surface area (Å²) in [5.74, 6) is 0.247. The molecule has 0 aliphatic heterocycles. The van der Waals surface area contributed by atoms with Gasteiger partial charge >= 0.3 is 0 Å². The number of rotatable bonds is 7. The number of nitrogens with zero attached hydrogens (tertiary/aromatic N) is 1. The Hall–Kier alpha value is -2.28. The Morgan fingerprint density at radius 1 is 1.22 bits per heavy atom. The molecule has 1 N–H and O–H groups in total. The van der Waals surface area contributed by atoms with E-state index >= 15 is 0 Å². The number of hydrogen-bond acceptors (Lipinski definition) is 4. The summed E-state index contributed by atoms with van der Waals surface area (Å²) in [5, 5.41) is 2.72. The second-order valence-electron chi connectivity index (χ2n) is 5.12. The van der Waals surface area contributed by atoms with Gasteiger partial charge in [-0.15, -0.1) is 0 Å². The number of nitrogens with one attached hydrogen (secondary N) is 1. The molecule has 0 radical (unpaired) electrons. The highest BCUT2D eigenvalue weighted by molar-refractivity contribution is 7.92. The summed E-state index contributed by atoms with van der Waals surface area (Å²) in [6.45, 7) is 1.99. The third-order valence-electron chi connectivity index (χ3n) is 3.36. The number of furan rings is 1. The van der Waals surface area contributed by atoms with Crippen LogP contribution >= 0.6 is 0 Å². The maximum Gasteiger partial charge on any atom is 0.244 e. The molecule has 1 amide bonds. The average Bonchev–Trinajstić information content (AvgIpc) is 3.03. The number of anilines is 1. The number of sulfonamides is 1. The molecule has 0 saturated heterocycles. The fraction of sp³-hybridized carbons (Fsp3) is 0.312. The summed E-state index contributed by atoms with van der Waals surface area (Å²) in [7, 11) is -3.60. The maximum atomic E-state index is 12.5. The molecule has 0 bridgehead atoms. The lowest BCUT2D eigenvalue weighted by molar-refractivity contribution is -0.122. The van der Waals surface area contributed by atoms with Crippen molar-refractivity contribution in [2.45, 2.75) is 25.9 Å². The Morgan fingerprint density at radius 3 is 2.43 bits per heavy atom. The number of amides is 1. The van der Waals surface area contributed by atoms with Crippen molar-refractivity contribution in [1.29, 1.82) is 0 Å². The van der Waals surface area contributed by atoms with E-state index in [0.717, 1.165) is 10.6 Å². The van der Waals surface area contributed by atoms with E-state index in [1.807, 2.05) is 0 Å². The zero-order valence-electron chi connectivity index (χ0n) is 13.1. The van der Waals surface area contributed by atoms with Crippen molar-refractivity contribution < 1.29 is 17.6 Å². The van der Waals surface area contributed by atoms with Gasteiger partial charge in [-0.1, -0.05) is 25.1 Å². The lowest BCUT2D eigenvalue weighted by atomic mass is 10.2. The molecule has 7 heteroatoms. The Morgan fingerprint density at radius 2 is 1.91 bits per heavy atom. The molecule has 0 spiro atoms. The van der Waals surface area contributed by atoms with Gasteiger partial charge < -0.3 is 9.73 Å². The number of hydrogen-bond donors (Lipinski definition) is 1. The Balaban J connectivity index is 2.22. The molecule has 2 aromatic rings. The molecule has 1 atom stereocenters. The van der Waals surface area contributed by atoms with Crippen molar-refractivity contribution in [3.8, 4) is 0 Å². The molecule has 2 rings (SSSR count). The molecule has 1 heterocycles. The highest BCUT2D eigenvalue weighted by Gasteiger charge is 2.31. The van der Waals surface area contributed by atoms with E-state index in [-0.39, 0.29) is 12.5 Å². The first-order valence-corrected chi connectivity index (χ1v) is 9.13. The largest absolute Gasteiger partial charge is 0.467 e. The van der Waals surface area contributed by atoms with Crippen LogP contribution in [0.4, 0.5) is 5.69 Å². The van der Waals surface area contributed by atoms with Crippen molar-refractivity contribution in [2.24, 2.45) is 0 Å². The minimum Gasteiger partial charge on any atom is -0.467 e. The van der Waals surface area contributed by atoms with Gasteiger partial charge in [-0.25, -0.2) is 8.42 Å². The molecule has 0 saturated carbocycles. The molecule has 1 aromatic heterocycles. The maximum absolute atomic E-state index is 12.5. The van der Waals surface area contributed by atoms with Gasteiger partial charge in [0.2, 0.25) is 15.9 Å². The van der Waals surface area contributed by atoms with Crippen molar-refractivity contribution >= 4 is 21.6 Å². The number of carbonyl (C=O) groups is 1. The van der Waals surface area contributed by atoms with Gasteiger partial charge in [0, 0.05) is 0 Å². The van der Waals surface area contributed by atoms with Crippen LogP contribution in [0.15, 0.2) is 53.1 Å². The fourth-order valence-electron chi connectivity index (χ4n) is 2.34. The Bertz CT molecular complexity index is 727. The van der Waals surface area contributed by atoms with E-state index < -0.39 is 16.1 Å². The van der Waals surface area contributed by atoms with E-state index in [0.29, 0.717) is 17.9 Å². The smallest absolute Gasteiger partial charge is 0.244 e. The van der Waals surface area contributed by atoms with Gasteiger partial charge in [0.05, 0.1) is 24.8 Å². The van der Waals surface area contributed by atoms with Crippen molar-refractivity contribution in [2.75, 3.05) is 10.6 Å². The third kappa shape index (κ3) is 4.35.